The van der Waals surface area contributed by atoms with E-state index in [4.69, 9.17) is 21.8 Å². The summed E-state index contributed by atoms with van der Waals surface area (Å²) in [5.74, 6) is 0.628. The number of rotatable bonds is 3. The number of nitrogen functional groups attached to an aromatic ring is 1. The van der Waals surface area contributed by atoms with Crippen LogP contribution in [0, 0.1) is 6.92 Å². The molecule has 90 valence electrons. The maximum Gasteiger partial charge on any atom is 0.224 e. The van der Waals surface area contributed by atoms with Gasteiger partial charge in [-0.15, -0.1) is 0 Å². The van der Waals surface area contributed by atoms with Gasteiger partial charge in [0, 0.05) is 19.2 Å². The Morgan fingerprint density at radius 2 is 2.24 bits per heavy atom. The van der Waals surface area contributed by atoms with Crippen LogP contribution in [-0.2, 0) is 6.54 Å². The predicted molar refractivity (Wildman–Crippen MR) is 67.0 cm³/mol. The zero-order chi connectivity index (χ0) is 12.4. The first-order valence-electron chi connectivity index (χ1n) is 5.09. The quantitative estimate of drug-likeness (QED) is 0.849. The molecule has 5 nitrogen and oxygen atoms in total. The Hall–Kier alpha value is -1.75. The second-order valence-corrected chi connectivity index (χ2v) is 4.14. The Morgan fingerprint density at radius 3 is 2.88 bits per heavy atom. The molecule has 0 atom stereocenters. The largest absolute Gasteiger partial charge is 0.472 e. The molecule has 0 radical (unpaired) electrons. The van der Waals surface area contributed by atoms with Gasteiger partial charge in [0.05, 0.1) is 23.9 Å². The fourth-order valence-corrected chi connectivity index (χ4v) is 1.76. The molecule has 0 aliphatic heterocycles. The Kier molecular flexibility index (Phi) is 3.19. The van der Waals surface area contributed by atoms with Crippen LogP contribution >= 0.6 is 11.6 Å². The fraction of sp³-hybridized carbons (Fsp3) is 0.273. The molecule has 0 spiro atoms. The average Bonchev–Trinajstić information content (AvgIpc) is 2.76. The fourth-order valence-electron chi connectivity index (χ4n) is 1.56. The molecule has 0 bridgehead atoms. The van der Waals surface area contributed by atoms with E-state index in [1.54, 1.807) is 19.5 Å². The van der Waals surface area contributed by atoms with Crippen molar-refractivity contribution >= 4 is 23.1 Å². The maximum absolute atomic E-state index is 5.93. The lowest BCUT2D eigenvalue weighted by atomic mass is 10.3. The summed E-state index contributed by atoms with van der Waals surface area (Å²) in [6, 6.07) is 1.89. The van der Waals surface area contributed by atoms with Crippen molar-refractivity contribution in [3.05, 3.63) is 35.1 Å². The third-order valence-corrected chi connectivity index (χ3v) is 2.62. The van der Waals surface area contributed by atoms with Crippen LogP contribution in [0.3, 0.4) is 0 Å². The van der Waals surface area contributed by atoms with Crippen molar-refractivity contribution in [3.63, 3.8) is 0 Å². The van der Waals surface area contributed by atoms with E-state index in [0.29, 0.717) is 23.7 Å². The molecule has 17 heavy (non-hydrogen) atoms. The highest BCUT2D eigenvalue weighted by Gasteiger charge is 2.12. The molecule has 2 rings (SSSR count). The van der Waals surface area contributed by atoms with Crippen LogP contribution in [0.4, 0.5) is 11.5 Å². The highest BCUT2D eigenvalue weighted by Crippen LogP contribution is 2.24. The van der Waals surface area contributed by atoms with E-state index < -0.39 is 0 Å². The van der Waals surface area contributed by atoms with Gasteiger partial charge in [-0.05, 0) is 24.6 Å². The van der Waals surface area contributed by atoms with Crippen molar-refractivity contribution in [2.75, 3.05) is 17.7 Å². The molecular formula is C11H13ClN4O. The highest BCUT2D eigenvalue weighted by atomic mass is 35.5. The van der Waals surface area contributed by atoms with Crippen LogP contribution in [0.25, 0.3) is 0 Å². The zero-order valence-corrected chi connectivity index (χ0v) is 10.4. The SMILES string of the molecule is Cc1nc(Cl)nc(N(C)Cc2ccoc2)c1N. The van der Waals surface area contributed by atoms with Crippen molar-refractivity contribution in [1.82, 2.24) is 9.97 Å². The Morgan fingerprint density at radius 1 is 1.47 bits per heavy atom. The molecule has 0 aliphatic carbocycles. The number of nitrogens with two attached hydrogens (primary N) is 1. The van der Waals surface area contributed by atoms with E-state index in [9.17, 15) is 0 Å². The molecule has 0 amide bonds. The Bertz CT molecular complexity index is 512. The summed E-state index contributed by atoms with van der Waals surface area (Å²) in [6.07, 6.45) is 3.31. The average molecular weight is 253 g/mol. The van der Waals surface area contributed by atoms with Crippen LogP contribution in [0.5, 0.6) is 0 Å². The topological polar surface area (TPSA) is 68.2 Å². The molecule has 0 saturated carbocycles. The lowest BCUT2D eigenvalue weighted by molar-refractivity contribution is 0.563. The maximum atomic E-state index is 5.93. The van der Waals surface area contributed by atoms with Gasteiger partial charge in [0.2, 0.25) is 5.28 Å². The second-order valence-electron chi connectivity index (χ2n) is 3.80. The van der Waals surface area contributed by atoms with E-state index >= 15 is 0 Å². The van der Waals surface area contributed by atoms with E-state index in [1.807, 2.05) is 18.0 Å². The van der Waals surface area contributed by atoms with Gasteiger partial charge in [-0.2, -0.15) is 4.98 Å². The first-order chi connectivity index (χ1) is 8.08. The van der Waals surface area contributed by atoms with E-state index in [1.165, 1.54) is 0 Å². The summed E-state index contributed by atoms with van der Waals surface area (Å²) < 4.78 is 5.01. The molecule has 0 fully saturated rings. The molecule has 0 saturated heterocycles. The number of anilines is 2. The second kappa shape index (κ2) is 4.63. The van der Waals surface area contributed by atoms with Crippen molar-refractivity contribution in [3.8, 4) is 0 Å². The summed E-state index contributed by atoms with van der Waals surface area (Å²) in [5.41, 5.74) is 8.20. The van der Waals surface area contributed by atoms with Gasteiger partial charge < -0.3 is 15.1 Å². The summed E-state index contributed by atoms with van der Waals surface area (Å²) in [6.45, 7) is 2.45. The molecule has 2 heterocycles. The highest BCUT2D eigenvalue weighted by molar-refractivity contribution is 6.28. The molecule has 2 N–H and O–H groups in total. The lowest BCUT2D eigenvalue weighted by Gasteiger charge is -2.19. The zero-order valence-electron chi connectivity index (χ0n) is 9.64. The minimum atomic E-state index is 0.200. The smallest absolute Gasteiger partial charge is 0.224 e. The van der Waals surface area contributed by atoms with Crippen LogP contribution in [0.15, 0.2) is 23.0 Å². The Balaban J connectivity index is 2.27. The number of halogens is 1. The van der Waals surface area contributed by atoms with Gasteiger partial charge in [0.15, 0.2) is 5.82 Å². The number of aryl methyl sites for hydroxylation is 1. The minimum Gasteiger partial charge on any atom is -0.472 e. The third-order valence-electron chi connectivity index (χ3n) is 2.45. The normalized spacial score (nSPS) is 10.5. The molecule has 6 heteroatoms. The standard InChI is InChI=1S/C11H13ClN4O/c1-7-9(13)10(15-11(12)14-7)16(2)5-8-3-4-17-6-8/h3-4,6H,5,13H2,1-2H3. The van der Waals surface area contributed by atoms with Crippen molar-refractivity contribution in [2.45, 2.75) is 13.5 Å². The van der Waals surface area contributed by atoms with E-state index in [0.717, 1.165) is 5.56 Å². The molecule has 0 unspecified atom stereocenters. The first-order valence-corrected chi connectivity index (χ1v) is 5.47. The number of nitrogens with zero attached hydrogens (tertiary/aromatic N) is 3. The summed E-state index contributed by atoms with van der Waals surface area (Å²) in [7, 11) is 1.89. The molecular weight excluding hydrogens is 240 g/mol. The van der Waals surface area contributed by atoms with E-state index in [2.05, 4.69) is 9.97 Å². The van der Waals surface area contributed by atoms with Gasteiger partial charge in [0.25, 0.3) is 0 Å². The van der Waals surface area contributed by atoms with Crippen LogP contribution < -0.4 is 10.6 Å². The monoisotopic (exact) mass is 252 g/mol. The van der Waals surface area contributed by atoms with Crippen LogP contribution in [-0.4, -0.2) is 17.0 Å². The van der Waals surface area contributed by atoms with Crippen molar-refractivity contribution in [1.29, 1.82) is 0 Å². The van der Waals surface area contributed by atoms with Crippen LogP contribution in [0.2, 0.25) is 5.28 Å². The van der Waals surface area contributed by atoms with Gasteiger partial charge in [-0.3, -0.25) is 0 Å². The first kappa shape index (κ1) is 11.7. The molecule has 2 aromatic heterocycles. The predicted octanol–water partition coefficient (Wildman–Crippen LogP) is 2.25. The van der Waals surface area contributed by atoms with Crippen molar-refractivity contribution < 1.29 is 4.42 Å². The number of hydrogen-bond donors (Lipinski definition) is 1. The summed E-state index contributed by atoms with van der Waals surface area (Å²) in [5, 5.41) is 0.200. The summed E-state index contributed by atoms with van der Waals surface area (Å²) in [4.78, 5) is 10.0. The van der Waals surface area contributed by atoms with Gasteiger partial charge >= 0.3 is 0 Å². The van der Waals surface area contributed by atoms with Crippen LogP contribution in [0.1, 0.15) is 11.3 Å². The Labute approximate surface area is 104 Å². The lowest BCUT2D eigenvalue weighted by Crippen LogP contribution is -2.20. The number of aromatic nitrogens is 2. The number of furan rings is 1. The third kappa shape index (κ3) is 2.50. The minimum absolute atomic E-state index is 0.200. The van der Waals surface area contributed by atoms with Crippen molar-refractivity contribution in [2.24, 2.45) is 0 Å². The van der Waals surface area contributed by atoms with Gasteiger partial charge in [-0.1, -0.05) is 0 Å². The van der Waals surface area contributed by atoms with Gasteiger partial charge in [0.1, 0.15) is 0 Å². The molecule has 0 aromatic carbocycles. The molecule has 0 aliphatic rings. The number of hydrogen-bond acceptors (Lipinski definition) is 5. The molecule has 2 aromatic rings. The van der Waals surface area contributed by atoms with E-state index in [-0.39, 0.29) is 5.28 Å². The summed E-state index contributed by atoms with van der Waals surface area (Å²) >= 11 is 5.83. The van der Waals surface area contributed by atoms with Gasteiger partial charge in [-0.25, -0.2) is 4.98 Å².